The van der Waals surface area contributed by atoms with Gasteiger partial charge in [0.25, 0.3) is 0 Å². The van der Waals surface area contributed by atoms with E-state index in [1.54, 1.807) is 11.3 Å². The standard InChI is InChI=1S/C16H18ClNOS/c1-16(2,3)10-4-5-12-11(8-10)18-9-13(19-12)14-6-7-15(17)20-14/h4-8,13,18H,9H2,1-3H3. The number of anilines is 1. The zero-order valence-electron chi connectivity index (χ0n) is 11.9. The van der Waals surface area contributed by atoms with Crippen LogP contribution in [0.5, 0.6) is 5.75 Å². The molecule has 1 aliphatic heterocycles. The first-order valence-corrected chi connectivity index (χ1v) is 7.93. The lowest BCUT2D eigenvalue weighted by molar-refractivity contribution is 0.214. The van der Waals surface area contributed by atoms with Crippen LogP contribution in [-0.2, 0) is 5.41 Å². The molecule has 1 aromatic heterocycles. The molecule has 1 atom stereocenters. The van der Waals surface area contributed by atoms with E-state index in [1.807, 2.05) is 12.1 Å². The van der Waals surface area contributed by atoms with Crippen LogP contribution in [0.3, 0.4) is 0 Å². The van der Waals surface area contributed by atoms with Gasteiger partial charge in [0.15, 0.2) is 6.10 Å². The van der Waals surface area contributed by atoms with E-state index in [0.717, 1.165) is 27.2 Å². The summed E-state index contributed by atoms with van der Waals surface area (Å²) in [4.78, 5) is 1.16. The first-order valence-electron chi connectivity index (χ1n) is 6.74. The van der Waals surface area contributed by atoms with Gasteiger partial charge in [-0.2, -0.15) is 0 Å². The van der Waals surface area contributed by atoms with Gasteiger partial charge in [-0.3, -0.25) is 0 Å². The van der Waals surface area contributed by atoms with E-state index >= 15 is 0 Å². The minimum atomic E-state index is 0.0421. The summed E-state index contributed by atoms with van der Waals surface area (Å²) in [6, 6.07) is 10.3. The third-order valence-corrected chi connectivity index (χ3v) is 4.83. The van der Waals surface area contributed by atoms with E-state index < -0.39 is 0 Å². The highest BCUT2D eigenvalue weighted by atomic mass is 35.5. The molecule has 106 valence electrons. The molecule has 1 unspecified atom stereocenters. The third kappa shape index (κ3) is 2.65. The lowest BCUT2D eigenvalue weighted by Gasteiger charge is -2.29. The van der Waals surface area contributed by atoms with Crippen LogP contribution in [0.25, 0.3) is 0 Å². The molecule has 1 aliphatic rings. The van der Waals surface area contributed by atoms with Crippen LogP contribution in [0.1, 0.15) is 37.3 Å². The Morgan fingerprint density at radius 3 is 2.70 bits per heavy atom. The Balaban J connectivity index is 1.86. The average Bonchev–Trinajstić information content (AvgIpc) is 2.83. The van der Waals surface area contributed by atoms with Crippen molar-refractivity contribution in [1.82, 2.24) is 0 Å². The summed E-state index contributed by atoms with van der Waals surface area (Å²) in [6.45, 7) is 7.43. The van der Waals surface area contributed by atoms with Crippen molar-refractivity contribution in [3.63, 3.8) is 0 Å². The molecule has 0 amide bonds. The fourth-order valence-electron chi connectivity index (χ4n) is 2.29. The summed E-state index contributed by atoms with van der Waals surface area (Å²) in [6.07, 6.45) is 0.0421. The number of rotatable bonds is 1. The highest BCUT2D eigenvalue weighted by Gasteiger charge is 2.24. The summed E-state index contributed by atoms with van der Waals surface area (Å²) in [5.74, 6) is 0.916. The quantitative estimate of drug-likeness (QED) is 0.777. The van der Waals surface area contributed by atoms with Gasteiger partial charge in [0.05, 0.1) is 16.6 Å². The lowest BCUT2D eigenvalue weighted by atomic mass is 9.86. The number of fused-ring (bicyclic) bond motifs is 1. The Hall–Kier alpha value is -1.19. The number of ether oxygens (including phenoxy) is 1. The van der Waals surface area contributed by atoms with Crippen molar-refractivity contribution in [2.75, 3.05) is 11.9 Å². The van der Waals surface area contributed by atoms with Gasteiger partial charge >= 0.3 is 0 Å². The van der Waals surface area contributed by atoms with E-state index in [-0.39, 0.29) is 11.5 Å². The van der Waals surface area contributed by atoms with Crippen LogP contribution in [-0.4, -0.2) is 6.54 Å². The van der Waals surface area contributed by atoms with Crippen molar-refractivity contribution in [3.8, 4) is 5.75 Å². The molecule has 0 saturated heterocycles. The highest BCUT2D eigenvalue weighted by Crippen LogP contribution is 2.39. The number of halogens is 1. The first-order chi connectivity index (χ1) is 9.43. The smallest absolute Gasteiger partial charge is 0.150 e. The third-order valence-electron chi connectivity index (χ3n) is 3.50. The van der Waals surface area contributed by atoms with Gasteiger partial charge in [-0.15, -0.1) is 11.3 Å². The second-order valence-electron chi connectivity index (χ2n) is 6.09. The average molecular weight is 308 g/mol. The predicted molar refractivity (Wildman–Crippen MR) is 86.3 cm³/mol. The number of hydrogen-bond acceptors (Lipinski definition) is 3. The van der Waals surface area contributed by atoms with Gasteiger partial charge < -0.3 is 10.1 Å². The molecular formula is C16H18ClNOS. The Morgan fingerprint density at radius 1 is 1.25 bits per heavy atom. The predicted octanol–water partition coefficient (Wildman–Crippen LogP) is 5.24. The van der Waals surface area contributed by atoms with Crippen molar-refractivity contribution in [3.05, 3.63) is 45.1 Å². The van der Waals surface area contributed by atoms with Crippen LogP contribution >= 0.6 is 22.9 Å². The van der Waals surface area contributed by atoms with Crippen LogP contribution in [0.15, 0.2) is 30.3 Å². The van der Waals surface area contributed by atoms with Crippen molar-refractivity contribution in [2.45, 2.75) is 32.3 Å². The zero-order chi connectivity index (χ0) is 14.3. The SMILES string of the molecule is CC(C)(C)c1ccc2c(c1)NCC(c1ccc(Cl)s1)O2. The monoisotopic (exact) mass is 307 g/mol. The van der Waals surface area contributed by atoms with E-state index in [9.17, 15) is 0 Å². The van der Waals surface area contributed by atoms with Crippen LogP contribution in [0.4, 0.5) is 5.69 Å². The molecular weight excluding hydrogens is 290 g/mol. The van der Waals surface area contributed by atoms with E-state index in [1.165, 1.54) is 5.56 Å². The Kier molecular flexibility index (Phi) is 3.43. The largest absolute Gasteiger partial charge is 0.481 e. The molecule has 2 aromatic rings. The molecule has 0 radical (unpaired) electrons. The minimum absolute atomic E-state index is 0.0421. The maximum Gasteiger partial charge on any atom is 0.150 e. The summed E-state index contributed by atoms with van der Waals surface area (Å²) in [7, 11) is 0. The minimum Gasteiger partial charge on any atom is -0.481 e. The number of thiophene rings is 1. The van der Waals surface area contributed by atoms with Gasteiger partial charge in [-0.25, -0.2) is 0 Å². The number of hydrogen-bond donors (Lipinski definition) is 1. The van der Waals surface area contributed by atoms with Crippen LogP contribution in [0.2, 0.25) is 4.34 Å². The number of nitrogens with one attached hydrogen (secondary N) is 1. The maximum absolute atomic E-state index is 6.09. The van der Waals surface area contributed by atoms with Crippen LogP contribution in [0, 0.1) is 0 Å². The highest BCUT2D eigenvalue weighted by molar-refractivity contribution is 7.16. The second kappa shape index (κ2) is 4.97. The molecule has 0 saturated carbocycles. The van der Waals surface area contributed by atoms with E-state index in [4.69, 9.17) is 16.3 Å². The molecule has 2 nitrogen and oxygen atoms in total. The normalized spacial score (nSPS) is 18.1. The fourth-order valence-corrected chi connectivity index (χ4v) is 3.39. The van der Waals surface area contributed by atoms with Gasteiger partial charge in [-0.05, 0) is 35.2 Å². The van der Waals surface area contributed by atoms with Crippen LogP contribution < -0.4 is 10.1 Å². The van der Waals surface area contributed by atoms with Gasteiger partial charge in [0, 0.05) is 4.88 Å². The fraction of sp³-hybridized carbons (Fsp3) is 0.375. The molecule has 0 spiro atoms. The zero-order valence-corrected chi connectivity index (χ0v) is 13.4. The molecule has 2 heterocycles. The number of benzene rings is 1. The van der Waals surface area contributed by atoms with Gasteiger partial charge in [0.2, 0.25) is 0 Å². The molecule has 1 aromatic carbocycles. The van der Waals surface area contributed by atoms with E-state index in [0.29, 0.717) is 0 Å². The summed E-state index contributed by atoms with van der Waals surface area (Å²) >= 11 is 7.57. The summed E-state index contributed by atoms with van der Waals surface area (Å²) in [5.41, 5.74) is 2.54. The molecule has 20 heavy (non-hydrogen) atoms. The second-order valence-corrected chi connectivity index (χ2v) is 7.84. The summed E-state index contributed by atoms with van der Waals surface area (Å²) < 4.78 is 6.89. The summed E-state index contributed by atoms with van der Waals surface area (Å²) in [5, 5.41) is 3.47. The molecule has 1 N–H and O–H groups in total. The lowest BCUT2D eigenvalue weighted by Crippen LogP contribution is -2.23. The van der Waals surface area contributed by atoms with Crippen molar-refractivity contribution in [1.29, 1.82) is 0 Å². The molecule has 0 bridgehead atoms. The van der Waals surface area contributed by atoms with Crippen molar-refractivity contribution in [2.24, 2.45) is 0 Å². The van der Waals surface area contributed by atoms with Crippen molar-refractivity contribution >= 4 is 28.6 Å². The van der Waals surface area contributed by atoms with Gasteiger partial charge in [-0.1, -0.05) is 38.4 Å². The Labute approximate surface area is 128 Å². The molecule has 0 fully saturated rings. The maximum atomic E-state index is 6.09. The Morgan fingerprint density at radius 2 is 2.05 bits per heavy atom. The first kappa shape index (κ1) is 13.8. The topological polar surface area (TPSA) is 21.3 Å². The molecule has 0 aliphatic carbocycles. The molecule has 3 rings (SSSR count). The Bertz CT molecular complexity index is 630. The van der Waals surface area contributed by atoms with Gasteiger partial charge in [0.1, 0.15) is 5.75 Å². The van der Waals surface area contributed by atoms with E-state index in [2.05, 4.69) is 44.3 Å². The van der Waals surface area contributed by atoms with Crippen molar-refractivity contribution < 1.29 is 4.74 Å². The molecule has 4 heteroatoms.